The molecule has 10 heteroatoms. The van der Waals surface area contributed by atoms with Crippen LogP contribution >= 0.6 is 0 Å². The van der Waals surface area contributed by atoms with Gasteiger partial charge in [0.1, 0.15) is 12.2 Å². The average Bonchev–Trinajstić information content (AvgIpc) is 4.09. The lowest BCUT2D eigenvalue weighted by molar-refractivity contribution is -0.216. The van der Waals surface area contributed by atoms with E-state index in [0.717, 1.165) is 74.1 Å². The van der Waals surface area contributed by atoms with Gasteiger partial charge in [0.25, 0.3) is 12.9 Å². The van der Waals surface area contributed by atoms with Crippen LogP contribution in [0.25, 0.3) is 0 Å². The fourth-order valence-electron chi connectivity index (χ4n) is 14.6. The number of methoxy groups -OCH3 is 1. The van der Waals surface area contributed by atoms with Gasteiger partial charge in [0.05, 0.1) is 12.5 Å². The maximum Gasteiger partial charge on any atom is 0.305 e. The van der Waals surface area contributed by atoms with Crippen LogP contribution in [-0.4, -0.2) is 58.2 Å². The van der Waals surface area contributed by atoms with Gasteiger partial charge >= 0.3 is 5.97 Å². The molecule has 10 atom stereocenters. The van der Waals surface area contributed by atoms with Gasteiger partial charge in [-0.15, -0.1) is 0 Å². The Balaban J connectivity index is 1.12. The smallest absolute Gasteiger partial charge is 0.305 e. The highest BCUT2D eigenvalue weighted by Gasteiger charge is 2.68. The van der Waals surface area contributed by atoms with Gasteiger partial charge in [0, 0.05) is 79.6 Å². The zero-order valence-corrected chi connectivity index (χ0v) is 38.7. The average molecular weight is 847 g/mol. The van der Waals surface area contributed by atoms with E-state index in [0.29, 0.717) is 19.4 Å². The molecule has 4 aromatic heterocycles. The third-order valence-corrected chi connectivity index (χ3v) is 18.9. The van der Waals surface area contributed by atoms with Crippen molar-refractivity contribution in [1.29, 1.82) is 0 Å². The van der Waals surface area contributed by atoms with Gasteiger partial charge < -0.3 is 34.1 Å². The highest BCUT2D eigenvalue weighted by molar-refractivity contribution is 5.69. The molecule has 0 unspecified atom stereocenters. The number of nitrogens with one attached hydrogen (secondary N) is 4. The van der Waals surface area contributed by atoms with Crippen molar-refractivity contribution in [3.63, 3.8) is 0 Å². The maximum atomic E-state index is 12.5. The molecule has 0 saturated heterocycles. The molecule has 4 saturated carbocycles. The van der Waals surface area contributed by atoms with Gasteiger partial charge in [-0.1, -0.05) is 20.8 Å². The number of carbonyl (C=O) groups excluding carboxylic acids is 3. The minimum absolute atomic E-state index is 0.0776. The second-order valence-electron chi connectivity index (χ2n) is 22.4. The predicted octanol–water partition coefficient (Wildman–Crippen LogP) is 10.1. The highest BCUT2D eigenvalue weighted by Crippen LogP contribution is 2.71. The van der Waals surface area contributed by atoms with Crippen molar-refractivity contribution in [2.75, 3.05) is 7.11 Å². The van der Waals surface area contributed by atoms with Crippen molar-refractivity contribution in [2.45, 2.75) is 154 Å². The summed E-state index contributed by atoms with van der Waals surface area (Å²) in [5.41, 5.74) is 7.77. The molecule has 5 heterocycles. The molecule has 4 N–H and O–H groups in total. The summed E-state index contributed by atoms with van der Waals surface area (Å²) in [6.07, 6.45) is 6.89. The first-order valence-electron chi connectivity index (χ1n) is 23.4. The second-order valence-corrected chi connectivity index (χ2v) is 22.4. The molecule has 1 spiro atoms. The van der Waals surface area contributed by atoms with Crippen LogP contribution in [0.2, 0.25) is 0 Å². The SMILES string of the molecule is COC(=O)CC[C@@H](C)[C@H]1CC[C@H]2[C@@H]3[C@H](OC=O)C[C@@H]4CC5(CC[C@]4(C)[C@H]3C[C@H](OC=O)[C@]12C)c1ccc([nH]1)C(C)(C)c1ccc([nH]1)C(C)(C)c1ccc([nH]1)C(C)(C)c1ccc5[nH]1. The van der Waals surface area contributed by atoms with E-state index in [9.17, 15) is 14.4 Å². The van der Waals surface area contributed by atoms with Crippen LogP contribution < -0.4 is 0 Å². The Labute approximate surface area is 367 Å². The van der Waals surface area contributed by atoms with Crippen LogP contribution in [-0.2, 0) is 50.3 Å². The van der Waals surface area contributed by atoms with E-state index in [1.165, 1.54) is 29.9 Å². The van der Waals surface area contributed by atoms with Gasteiger partial charge in [-0.05, 0) is 176 Å². The van der Waals surface area contributed by atoms with Crippen LogP contribution in [0.5, 0.6) is 0 Å². The summed E-state index contributed by atoms with van der Waals surface area (Å²) in [5.74, 6) is 1.10. The van der Waals surface area contributed by atoms with E-state index < -0.39 is 0 Å². The number of aromatic amines is 4. The van der Waals surface area contributed by atoms with Crippen molar-refractivity contribution in [1.82, 2.24) is 19.9 Å². The van der Waals surface area contributed by atoms with E-state index >= 15 is 0 Å². The van der Waals surface area contributed by atoms with Crippen molar-refractivity contribution < 1.29 is 28.6 Å². The van der Waals surface area contributed by atoms with Crippen molar-refractivity contribution in [3.8, 4) is 0 Å². The van der Waals surface area contributed by atoms with Crippen LogP contribution in [0.4, 0.5) is 0 Å². The fourth-order valence-corrected chi connectivity index (χ4v) is 14.6. The standard InChI is InChI=1S/C52H70N4O6/c1-30(11-22-45(59)60-10)32-12-13-33-46-34(26-44(62-29-58)51(32,33)9)50(8)23-24-52(27-31(50)25-35(46)61-28-57)42-20-18-40(55-42)48(4,5)38-16-14-36(53-38)47(2,3)37-15-17-39(54-37)49(6,7)41-19-21-43(52)56-41/h14-21,28-35,44,46,53-56H,11-13,22-27H2,1-10H3/t30-,31-,32-,33+,34+,35-,44+,46+,50+,51-/m1/s1. The lowest BCUT2D eigenvalue weighted by Crippen LogP contribution is -2.63. The number of ether oxygens (including phenoxy) is 3. The third-order valence-electron chi connectivity index (χ3n) is 18.9. The zero-order chi connectivity index (χ0) is 44.2. The van der Waals surface area contributed by atoms with Gasteiger partial charge in [0.15, 0.2) is 0 Å². The molecule has 5 aliphatic rings. The van der Waals surface area contributed by atoms with Crippen LogP contribution in [0.3, 0.4) is 0 Å². The quantitative estimate of drug-likeness (QED) is 0.0790. The van der Waals surface area contributed by atoms with Crippen LogP contribution in [0, 0.1) is 46.3 Å². The fraction of sp³-hybridized carbons (Fsp3) is 0.635. The van der Waals surface area contributed by atoms with Crippen LogP contribution in [0.15, 0.2) is 48.5 Å². The monoisotopic (exact) mass is 847 g/mol. The van der Waals surface area contributed by atoms with Crippen LogP contribution in [0.1, 0.15) is 166 Å². The van der Waals surface area contributed by atoms with E-state index in [4.69, 9.17) is 14.2 Å². The summed E-state index contributed by atoms with van der Waals surface area (Å²) in [6.45, 7) is 22.2. The first-order valence-corrected chi connectivity index (χ1v) is 23.4. The molecule has 4 fully saturated rings. The molecule has 0 amide bonds. The lowest BCUT2D eigenvalue weighted by Gasteiger charge is -2.65. The molecule has 9 rings (SSSR count). The number of hydrogen-bond acceptors (Lipinski definition) is 6. The Bertz CT molecular complexity index is 2230. The van der Waals surface area contributed by atoms with E-state index in [-0.39, 0.29) is 86.2 Å². The summed E-state index contributed by atoms with van der Waals surface area (Å²) in [5, 5.41) is 0. The molecular weight excluding hydrogens is 777 g/mol. The summed E-state index contributed by atoms with van der Waals surface area (Å²) < 4.78 is 17.5. The largest absolute Gasteiger partial charge is 0.469 e. The highest BCUT2D eigenvalue weighted by atomic mass is 16.5. The Morgan fingerprint density at radius 2 is 1.16 bits per heavy atom. The van der Waals surface area contributed by atoms with E-state index in [2.05, 4.69) is 131 Å². The van der Waals surface area contributed by atoms with Gasteiger partial charge in [0.2, 0.25) is 0 Å². The minimum Gasteiger partial charge on any atom is -0.469 e. The topological polar surface area (TPSA) is 142 Å². The zero-order valence-electron chi connectivity index (χ0n) is 38.7. The summed E-state index contributed by atoms with van der Waals surface area (Å²) in [6, 6.07) is 18.2. The molecule has 8 bridgehead atoms. The Morgan fingerprint density at radius 3 is 1.65 bits per heavy atom. The Hall–Kier alpha value is -4.47. The number of fused-ring (bicyclic) bond motifs is 15. The molecule has 4 aliphatic carbocycles. The number of carbonyl (C=O) groups is 3. The number of rotatable bonds is 8. The first-order chi connectivity index (χ1) is 29.4. The minimum atomic E-state index is -0.359. The van der Waals surface area contributed by atoms with E-state index in [1.807, 2.05) is 0 Å². The summed E-state index contributed by atoms with van der Waals surface area (Å²) in [4.78, 5) is 53.0. The van der Waals surface area contributed by atoms with E-state index in [1.54, 1.807) is 0 Å². The summed E-state index contributed by atoms with van der Waals surface area (Å²) in [7, 11) is 1.44. The molecule has 0 radical (unpaired) electrons. The predicted molar refractivity (Wildman–Crippen MR) is 239 cm³/mol. The Kier molecular flexibility index (Phi) is 10.2. The van der Waals surface area contributed by atoms with Gasteiger partial charge in [-0.3, -0.25) is 14.4 Å². The molecular formula is C52H70N4O6. The Morgan fingerprint density at radius 1 is 0.677 bits per heavy atom. The molecule has 62 heavy (non-hydrogen) atoms. The molecule has 1 aliphatic heterocycles. The normalized spacial score (nSPS) is 33.9. The maximum absolute atomic E-state index is 12.5. The number of H-pyrrole nitrogens is 4. The summed E-state index contributed by atoms with van der Waals surface area (Å²) >= 11 is 0. The number of aromatic nitrogens is 4. The first kappa shape index (κ1) is 42.8. The van der Waals surface area contributed by atoms with Crippen molar-refractivity contribution >= 4 is 18.9 Å². The van der Waals surface area contributed by atoms with Crippen molar-refractivity contribution in [3.05, 3.63) is 94.1 Å². The number of hydrogen-bond donors (Lipinski definition) is 4. The second kappa shape index (κ2) is 14.8. The molecule has 0 aromatic carbocycles. The molecule has 4 aromatic rings. The van der Waals surface area contributed by atoms with Gasteiger partial charge in [-0.25, -0.2) is 0 Å². The number of esters is 1. The molecule has 334 valence electrons. The lowest BCUT2D eigenvalue weighted by atomic mass is 9.41. The molecule has 10 nitrogen and oxygen atoms in total. The van der Waals surface area contributed by atoms with Gasteiger partial charge in [-0.2, -0.15) is 0 Å². The van der Waals surface area contributed by atoms with Crippen molar-refractivity contribution in [2.24, 2.45) is 46.3 Å². The third kappa shape index (κ3) is 6.17.